The molecule has 2 aliphatic rings. The summed E-state index contributed by atoms with van der Waals surface area (Å²) in [7, 11) is -1.27. The fourth-order valence-corrected chi connectivity index (χ4v) is 4.92. The molecule has 7 nitrogen and oxygen atoms in total. The van der Waals surface area contributed by atoms with Gasteiger partial charge < -0.3 is 5.11 Å². The van der Waals surface area contributed by atoms with Gasteiger partial charge in [-0.15, -0.1) is 0 Å². The maximum atomic E-state index is 11.9. The minimum atomic E-state index is -3.20. The number of fused-ring (bicyclic) bond motifs is 1. The van der Waals surface area contributed by atoms with Gasteiger partial charge in [0.25, 0.3) is 0 Å². The maximum Gasteiger partial charge on any atom is 0.211 e. The monoisotopic (exact) mass is 342 g/mol. The van der Waals surface area contributed by atoms with Crippen LogP contribution < -0.4 is 0 Å². The summed E-state index contributed by atoms with van der Waals surface area (Å²) in [6, 6.07) is 0. The van der Waals surface area contributed by atoms with E-state index in [1.807, 2.05) is 17.9 Å². The van der Waals surface area contributed by atoms with E-state index in [0.717, 1.165) is 31.7 Å². The van der Waals surface area contributed by atoms with Crippen molar-refractivity contribution in [3.63, 3.8) is 0 Å². The molecule has 1 aromatic heterocycles. The molecule has 0 amide bonds. The second-order valence-electron chi connectivity index (χ2n) is 7.15. The number of aryl methyl sites for hydroxylation is 1. The SMILES string of the molecule is Cc1c(CN2CC[C@H]3CN(S(C)(=O)=O)C[C@@]3(CO)C2)cnn1C. The Bertz CT molecular complexity index is 687. The molecule has 0 bridgehead atoms. The van der Waals surface area contributed by atoms with Crippen LogP contribution in [0.4, 0.5) is 0 Å². The van der Waals surface area contributed by atoms with Gasteiger partial charge >= 0.3 is 0 Å². The lowest BCUT2D eigenvalue weighted by molar-refractivity contribution is 0.00876. The van der Waals surface area contributed by atoms with Gasteiger partial charge in [-0.1, -0.05) is 0 Å². The third kappa shape index (κ3) is 3.05. The van der Waals surface area contributed by atoms with Crippen molar-refractivity contribution in [3.8, 4) is 0 Å². The molecule has 0 radical (unpaired) electrons. The quantitative estimate of drug-likeness (QED) is 0.820. The minimum Gasteiger partial charge on any atom is -0.396 e. The molecule has 0 spiro atoms. The van der Waals surface area contributed by atoms with Crippen molar-refractivity contribution >= 4 is 10.0 Å². The highest BCUT2D eigenvalue weighted by atomic mass is 32.2. The van der Waals surface area contributed by atoms with Gasteiger partial charge in [-0.2, -0.15) is 5.10 Å². The van der Waals surface area contributed by atoms with Gasteiger partial charge in [0.2, 0.25) is 10.0 Å². The van der Waals surface area contributed by atoms with E-state index in [4.69, 9.17) is 0 Å². The highest BCUT2D eigenvalue weighted by Crippen LogP contribution is 2.43. The third-order valence-corrected chi connectivity index (χ3v) is 6.84. The maximum absolute atomic E-state index is 11.9. The molecule has 3 heterocycles. The van der Waals surface area contributed by atoms with E-state index in [9.17, 15) is 13.5 Å². The van der Waals surface area contributed by atoms with Crippen LogP contribution in [0.15, 0.2) is 6.20 Å². The average Bonchev–Trinajstić information content (AvgIpc) is 3.02. The lowest BCUT2D eigenvalue weighted by Gasteiger charge is -2.43. The Morgan fingerprint density at radius 3 is 2.74 bits per heavy atom. The standard InChI is InChI=1S/C15H26N4O3S/c1-12-13(6-16-17(12)2)7-18-5-4-14-8-19(23(3,21)22)10-15(14,9-18)11-20/h6,14,20H,4-5,7-11H2,1-3H3/t14-,15+/m0/s1. The first-order chi connectivity index (χ1) is 10.7. The van der Waals surface area contributed by atoms with Crippen LogP contribution in [0.2, 0.25) is 0 Å². The van der Waals surface area contributed by atoms with E-state index in [-0.39, 0.29) is 17.9 Å². The fraction of sp³-hybridized carbons (Fsp3) is 0.800. The highest BCUT2D eigenvalue weighted by molar-refractivity contribution is 7.88. The van der Waals surface area contributed by atoms with Crippen LogP contribution in [0.25, 0.3) is 0 Å². The zero-order valence-electron chi connectivity index (χ0n) is 14.1. The lowest BCUT2D eigenvalue weighted by Crippen LogP contribution is -2.50. The number of nitrogens with zero attached hydrogens (tertiary/aromatic N) is 4. The van der Waals surface area contributed by atoms with E-state index in [1.54, 1.807) is 0 Å². The van der Waals surface area contributed by atoms with Crippen molar-refractivity contribution in [1.82, 2.24) is 19.0 Å². The Hall–Kier alpha value is -0.960. The summed E-state index contributed by atoms with van der Waals surface area (Å²) in [5.41, 5.74) is 2.00. The van der Waals surface area contributed by atoms with Crippen LogP contribution in [0, 0.1) is 18.3 Å². The van der Waals surface area contributed by atoms with Crippen molar-refractivity contribution in [3.05, 3.63) is 17.5 Å². The van der Waals surface area contributed by atoms with E-state index in [2.05, 4.69) is 16.9 Å². The second-order valence-corrected chi connectivity index (χ2v) is 9.13. The lowest BCUT2D eigenvalue weighted by atomic mass is 9.74. The van der Waals surface area contributed by atoms with Crippen LogP contribution in [-0.2, 0) is 23.6 Å². The molecular weight excluding hydrogens is 316 g/mol. The van der Waals surface area contributed by atoms with Gasteiger partial charge in [-0.05, 0) is 25.8 Å². The normalized spacial score (nSPS) is 29.8. The molecule has 2 saturated heterocycles. The number of sulfonamides is 1. The van der Waals surface area contributed by atoms with Crippen molar-refractivity contribution in [2.24, 2.45) is 18.4 Å². The number of aliphatic hydroxyl groups is 1. The summed E-state index contributed by atoms with van der Waals surface area (Å²) in [5.74, 6) is 0.244. The number of hydrogen-bond donors (Lipinski definition) is 1. The Morgan fingerprint density at radius 1 is 1.43 bits per heavy atom. The topological polar surface area (TPSA) is 78.7 Å². The van der Waals surface area contributed by atoms with E-state index in [0.29, 0.717) is 13.1 Å². The van der Waals surface area contributed by atoms with Gasteiger partial charge in [0.15, 0.2) is 0 Å². The average molecular weight is 342 g/mol. The number of rotatable bonds is 4. The first kappa shape index (κ1) is 16.9. The number of piperidine rings is 1. The number of aliphatic hydroxyl groups excluding tert-OH is 1. The van der Waals surface area contributed by atoms with Crippen molar-refractivity contribution in [2.75, 3.05) is 39.0 Å². The molecule has 0 aliphatic carbocycles. The smallest absolute Gasteiger partial charge is 0.211 e. The van der Waals surface area contributed by atoms with Crippen LogP contribution in [0.5, 0.6) is 0 Å². The molecule has 3 rings (SSSR count). The van der Waals surface area contributed by atoms with Gasteiger partial charge in [0.05, 0.1) is 19.1 Å². The van der Waals surface area contributed by atoms with E-state index in [1.165, 1.54) is 16.1 Å². The highest BCUT2D eigenvalue weighted by Gasteiger charge is 2.51. The summed E-state index contributed by atoms with van der Waals surface area (Å²) < 4.78 is 27.1. The van der Waals surface area contributed by atoms with E-state index >= 15 is 0 Å². The molecule has 2 fully saturated rings. The summed E-state index contributed by atoms with van der Waals surface area (Å²) in [6.45, 7) is 5.51. The Morgan fingerprint density at radius 2 is 2.17 bits per heavy atom. The first-order valence-corrected chi connectivity index (χ1v) is 9.86. The third-order valence-electron chi connectivity index (χ3n) is 5.63. The first-order valence-electron chi connectivity index (χ1n) is 8.01. The van der Waals surface area contributed by atoms with Gasteiger partial charge in [0.1, 0.15) is 0 Å². The molecule has 2 atom stereocenters. The van der Waals surface area contributed by atoms with E-state index < -0.39 is 10.0 Å². The molecular formula is C15H26N4O3S. The number of likely N-dealkylation sites (tertiary alicyclic amines) is 1. The van der Waals surface area contributed by atoms with Crippen LogP contribution >= 0.6 is 0 Å². The zero-order valence-corrected chi connectivity index (χ0v) is 14.9. The van der Waals surface area contributed by atoms with Gasteiger partial charge in [-0.25, -0.2) is 12.7 Å². The number of aromatic nitrogens is 2. The Balaban J connectivity index is 1.76. The van der Waals surface area contributed by atoms with Crippen molar-refractivity contribution < 1.29 is 13.5 Å². The fourth-order valence-electron chi connectivity index (χ4n) is 3.98. The molecule has 2 aliphatic heterocycles. The summed E-state index contributed by atoms with van der Waals surface area (Å²) in [4.78, 5) is 2.32. The molecule has 1 aromatic rings. The number of hydrogen-bond acceptors (Lipinski definition) is 5. The Labute approximate surface area is 137 Å². The van der Waals surface area contributed by atoms with Gasteiger partial charge in [-0.3, -0.25) is 9.58 Å². The Kier molecular flexibility index (Phi) is 4.29. The largest absolute Gasteiger partial charge is 0.396 e. The summed E-state index contributed by atoms with van der Waals surface area (Å²) in [5, 5.41) is 14.3. The second kappa shape index (κ2) is 5.84. The molecule has 130 valence electrons. The zero-order chi connectivity index (χ0) is 16.8. The molecule has 0 saturated carbocycles. The molecule has 0 unspecified atom stereocenters. The van der Waals surface area contributed by atoms with Crippen molar-refractivity contribution in [1.29, 1.82) is 0 Å². The van der Waals surface area contributed by atoms with Crippen LogP contribution in [-0.4, -0.2) is 71.6 Å². The molecule has 23 heavy (non-hydrogen) atoms. The predicted molar refractivity (Wildman–Crippen MR) is 87.3 cm³/mol. The summed E-state index contributed by atoms with van der Waals surface area (Å²) >= 11 is 0. The minimum absolute atomic E-state index is 0.0339. The van der Waals surface area contributed by atoms with Crippen LogP contribution in [0.3, 0.4) is 0 Å². The predicted octanol–water partition coefficient (Wildman–Crippen LogP) is -0.196. The van der Waals surface area contributed by atoms with Crippen LogP contribution in [0.1, 0.15) is 17.7 Å². The molecule has 0 aromatic carbocycles. The summed E-state index contributed by atoms with van der Waals surface area (Å²) in [6.07, 6.45) is 4.07. The molecule has 1 N–H and O–H groups in total. The molecule has 8 heteroatoms. The van der Waals surface area contributed by atoms with Gasteiger partial charge in [0, 0.05) is 49.9 Å². The van der Waals surface area contributed by atoms with Crippen molar-refractivity contribution in [2.45, 2.75) is 19.9 Å².